The van der Waals surface area contributed by atoms with Crippen molar-refractivity contribution < 1.29 is 14.3 Å². The Bertz CT molecular complexity index is 725. The molecule has 2 rings (SSSR count). The average molecular weight is 370 g/mol. The Morgan fingerprint density at radius 2 is 1.70 bits per heavy atom. The molecule has 1 amide bonds. The first-order valence-corrected chi connectivity index (χ1v) is 9.76. The molecule has 146 valence electrons. The van der Waals surface area contributed by atoms with Crippen LogP contribution in [-0.2, 0) is 11.2 Å². The SMILES string of the molecule is CCCc1ccc(OCCNC(=O)[C@@H](CC)Oc2ccc(C)c(C)c2)cc1. The third-order valence-electron chi connectivity index (χ3n) is 4.55. The number of nitrogens with one attached hydrogen (secondary N) is 1. The second-order valence-electron chi connectivity index (χ2n) is 6.79. The van der Waals surface area contributed by atoms with Gasteiger partial charge in [0.25, 0.3) is 5.91 Å². The zero-order valence-corrected chi connectivity index (χ0v) is 16.9. The second-order valence-corrected chi connectivity index (χ2v) is 6.79. The van der Waals surface area contributed by atoms with Crippen molar-refractivity contribution in [2.75, 3.05) is 13.2 Å². The third-order valence-corrected chi connectivity index (χ3v) is 4.55. The van der Waals surface area contributed by atoms with Gasteiger partial charge in [-0.3, -0.25) is 4.79 Å². The summed E-state index contributed by atoms with van der Waals surface area (Å²) in [6.45, 7) is 9.08. The minimum atomic E-state index is -0.500. The zero-order chi connectivity index (χ0) is 19.6. The Morgan fingerprint density at radius 3 is 2.33 bits per heavy atom. The molecule has 0 saturated carbocycles. The monoisotopic (exact) mass is 369 g/mol. The van der Waals surface area contributed by atoms with Crippen LogP contribution < -0.4 is 14.8 Å². The molecule has 0 spiro atoms. The fourth-order valence-corrected chi connectivity index (χ4v) is 2.77. The van der Waals surface area contributed by atoms with E-state index in [1.807, 2.05) is 44.2 Å². The van der Waals surface area contributed by atoms with Crippen LogP contribution in [0.25, 0.3) is 0 Å². The summed E-state index contributed by atoms with van der Waals surface area (Å²) in [7, 11) is 0. The molecule has 0 fully saturated rings. The normalized spacial score (nSPS) is 11.7. The quantitative estimate of drug-likeness (QED) is 0.622. The van der Waals surface area contributed by atoms with Crippen LogP contribution in [0.5, 0.6) is 11.5 Å². The molecule has 4 heteroatoms. The number of benzene rings is 2. The van der Waals surface area contributed by atoms with Gasteiger partial charge in [0, 0.05) is 0 Å². The summed E-state index contributed by atoms with van der Waals surface area (Å²) in [4.78, 5) is 12.4. The predicted molar refractivity (Wildman–Crippen MR) is 110 cm³/mol. The zero-order valence-electron chi connectivity index (χ0n) is 16.9. The Morgan fingerprint density at radius 1 is 1.00 bits per heavy atom. The lowest BCUT2D eigenvalue weighted by Gasteiger charge is -2.18. The van der Waals surface area contributed by atoms with Gasteiger partial charge in [0.1, 0.15) is 18.1 Å². The smallest absolute Gasteiger partial charge is 0.261 e. The van der Waals surface area contributed by atoms with Gasteiger partial charge < -0.3 is 14.8 Å². The maximum atomic E-state index is 12.4. The van der Waals surface area contributed by atoms with Gasteiger partial charge in [0.15, 0.2) is 6.10 Å². The van der Waals surface area contributed by atoms with E-state index in [9.17, 15) is 4.79 Å². The van der Waals surface area contributed by atoms with Crippen LogP contribution in [0.2, 0.25) is 0 Å². The van der Waals surface area contributed by atoms with Gasteiger partial charge in [-0.15, -0.1) is 0 Å². The molecule has 0 aromatic heterocycles. The lowest BCUT2D eigenvalue weighted by Crippen LogP contribution is -2.39. The highest BCUT2D eigenvalue weighted by Gasteiger charge is 2.18. The molecular formula is C23H31NO3. The molecule has 0 unspecified atom stereocenters. The van der Waals surface area contributed by atoms with E-state index in [1.54, 1.807) is 0 Å². The fraction of sp³-hybridized carbons (Fsp3) is 0.435. The first kappa shape index (κ1) is 20.8. The molecule has 0 bridgehead atoms. The van der Waals surface area contributed by atoms with E-state index >= 15 is 0 Å². The molecule has 2 aromatic rings. The maximum absolute atomic E-state index is 12.4. The Hall–Kier alpha value is -2.49. The van der Waals surface area contributed by atoms with E-state index in [-0.39, 0.29) is 5.91 Å². The van der Waals surface area contributed by atoms with Gasteiger partial charge in [0.05, 0.1) is 6.54 Å². The van der Waals surface area contributed by atoms with Crippen LogP contribution in [0.3, 0.4) is 0 Å². The van der Waals surface area contributed by atoms with Gasteiger partial charge in [-0.25, -0.2) is 0 Å². The largest absolute Gasteiger partial charge is 0.492 e. The fourth-order valence-electron chi connectivity index (χ4n) is 2.77. The molecule has 4 nitrogen and oxygen atoms in total. The van der Waals surface area contributed by atoms with Crippen molar-refractivity contribution >= 4 is 5.91 Å². The highest BCUT2D eigenvalue weighted by atomic mass is 16.5. The first-order valence-electron chi connectivity index (χ1n) is 9.76. The van der Waals surface area contributed by atoms with Crippen LogP contribution in [0.4, 0.5) is 0 Å². The lowest BCUT2D eigenvalue weighted by atomic mass is 10.1. The highest BCUT2D eigenvalue weighted by molar-refractivity contribution is 5.81. The average Bonchev–Trinajstić information content (AvgIpc) is 2.67. The minimum Gasteiger partial charge on any atom is -0.492 e. The van der Waals surface area contributed by atoms with Crippen molar-refractivity contribution in [2.45, 2.75) is 53.1 Å². The van der Waals surface area contributed by atoms with Gasteiger partial charge in [0.2, 0.25) is 0 Å². The summed E-state index contributed by atoms with van der Waals surface area (Å²) >= 11 is 0. The van der Waals surface area contributed by atoms with Crippen molar-refractivity contribution in [3.05, 3.63) is 59.2 Å². The standard InChI is InChI=1S/C23H31NO3/c1-5-7-19-9-12-20(13-10-19)26-15-14-24-23(25)22(6-2)27-21-11-8-17(3)18(4)16-21/h8-13,16,22H,5-7,14-15H2,1-4H3,(H,24,25)/t22-/m1/s1. The molecule has 0 aliphatic heterocycles. The van der Waals surface area contributed by atoms with E-state index in [1.165, 1.54) is 11.1 Å². The van der Waals surface area contributed by atoms with Crippen molar-refractivity contribution in [3.8, 4) is 11.5 Å². The van der Waals surface area contributed by atoms with Gasteiger partial charge in [-0.05, 0) is 67.6 Å². The van der Waals surface area contributed by atoms with Crippen LogP contribution in [0, 0.1) is 13.8 Å². The van der Waals surface area contributed by atoms with Crippen LogP contribution in [0.1, 0.15) is 43.4 Å². The summed E-state index contributed by atoms with van der Waals surface area (Å²) < 4.78 is 11.6. The van der Waals surface area contributed by atoms with Crippen LogP contribution >= 0.6 is 0 Å². The van der Waals surface area contributed by atoms with Crippen molar-refractivity contribution in [1.29, 1.82) is 0 Å². The van der Waals surface area contributed by atoms with Crippen molar-refractivity contribution in [3.63, 3.8) is 0 Å². The molecule has 0 radical (unpaired) electrons. The third kappa shape index (κ3) is 6.63. The molecule has 1 N–H and O–H groups in total. The molecule has 27 heavy (non-hydrogen) atoms. The summed E-state index contributed by atoms with van der Waals surface area (Å²) in [5.74, 6) is 1.43. The predicted octanol–water partition coefficient (Wildman–Crippen LogP) is 4.61. The molecule has 0 aliphatic rings. The number of aryl methyl sites for hydroxylation is 3. The molecule has 0 aliphatic carbocycles. The van der Waals surface area contributed by atoms with Crippen LogP contribution in [0.15, 0.2) is 42.5 Å². The number of amides is 1. The lowest BCUT2D eigenvalue weighted by molar-refractivity contribution is -0.128. The van der Waals surface area contributed by atoms with Gasteiger partial charge in [-0.1, -0.05) is 38.5 Å². The number of ether oxygens (including phenoxy) is 2. The Kier molecular flexibility index (Phi) is 8.18. The number of hydrogen-bond donors (Lipinski definition) is 1. The molecule has 1 atom stereocenters. The van der Waals surface area contributed by atoms with Crippen molar-refractivity contribution in [2.24, 2.45) is 0 Å². The molecule has 0 heterocycles. The van der Waals surface area contributed by atoms with Gasteiger partial charge in [-0.2, -0.15) is 0 Å². The minimum absolute atomic E-state index is 0.113. The van der Waals surface area contributed by atoms with E-state index in [2.05, 4.69) is 31.3 Å². The molecule has 2 aromatic carbocycles. The molecule has 0 saturated heterocycles. The maximum Gasteiger partial charge on any atom is 0.261 e. The highest BCUT2D eigenvalue weighted by Crippen LogP contribution is 2.18. The Balaban J connectivity index is 1.76. The van der Waals surface area contributed by atoms with Crippen LogP contribution in [-0.4, -0.2) is 25.2 Å². The second kappa shape index (κ2) is 10.6. The van der Waals surface area contributed by atoms with E-state index in [0.717, 1.165) is 29.9 Å². The number of carbonyl (C=O) groups excluding carboxylic acids is 1. The van der Waals surface area contributed by atoms with E-state index in [4.69, 9.17) is 9.47 Å². The molecular weight excluding hydrogens is 338 g/mol. The first-order chi connectivity index (χ1) is 13.0. The summed E-state index contributed by atoms with van der Waals surface area (Å²) in [5, 5.41) is 2.89. The van der Waals surface area contributed by atoms with Gasteiger partial charge >= 0.3 is 0 Å². The summed E-state index contributed by atoms with van der Waals surface area (Å²) in [6, 6.07) is 14.0. The number of hydrogen-bond acceptors (Lipinski definition) is 3. The summed E-state index contributed by atoms with van der Waals surface area (Å²) in [5.41, 5.74) is 3.67. The summed E-state index contributed by atoms with van der Waals surface area (Å²) in [6.07, 6.45) is 2.32. The van der Waals surface area contributed by atoms with E-state index < -0.39 is 6.10 Å². The Labute approximate surface area is 162 Å². The van der Waals surface area contributed by atoms with E-state index in [0.29, 0.717) is 19.6 Å². The topological polar surface area (TPSA) is 47.6 Å². The number of carbonyl (C=O) groups is 1. The van der Waals surface area contributed by atoms with Crippen molar-refractivity contribution in [1.82, 2.24) is 5.32 Å². The number of rotatable bonds is 10.